The van der Waals surface area contributed by atoms with Gasteiger partial charge in [-0.2, -0.15) is 4.40 Å². The van der Waals surface area contributed by atoms with E-state index in [0.717, 1.165) is 30.6 Å². The highest BCUT2D eigenvalue weighted by molar-refractivity contribution is 5.97. The standard InChI is InChI=1S/C27H34N3/c1-8-26(6)18-13-12-14-19-23(18)24-29(22(28-19)17-25(3,4)5)20-15-10-11-16-21(20)30(24)27(26,7)9-2/h10-16H,8-9,17H2,1-7H3/q+1. The van der Waals surface area contributed by atoms with E-state index >= 15 is 0 Å². The summed E-state index contributed by atoms with van der Waals surface area (Å²) in [6.45, 7) is 16.5. The number of rotatable bonds is 3. The normalized spacial score (nSPS) is 23.8. The van der Waals surface area contributed by atoms with Crippen LogP contribution >= 0.6 is 0 Å². The van der Waals surface area contributed by atoms with Crippen molar-refractivity contribution in [3.05, 3.63) is 53.9 Å². The zero-order valence-corrected chi connectivity index (χ0v) is 19.5. The molecule has 1 aliphatic heterocycles. The van der Waals surface area contributed by atoms with E-state index < -0.39 is 0 Å². The van der Waals surface area contributed by atoms with E-state index in [9.17, 15) is 0 Å². The van der Waals surface area contributed by atoms with Gasteiger partial charge >= 0.3 is 0 Å². The van der Waals surface area contributed by atoms with Gasteiger partial charge in [0.1, 0.15) is 5.54 Å². The van der Waals surface area contributed by atoms with Crippen molar-refractivity contribution in [2.75, 3.05) is 0 Å². The third-order valence-electron chi connectivity index (χ3n) is 7.92. The van der Waals surface area contributed by atoms with Crippen molar-refractivity contribution in [1.29, 1.82) is 0 Å². The Bertz CT molecular complexity index is 1310. The molecule has 0 saturated carbocycles. The quantitative estimate of drug-likeness (QED) is 0.369. The molecule has 2 aromatic heterocycles. The first-order valence-electron chi connectivity index (χ1n) is 11.4. The SMILES string of the molecule is CCC1(C)c2cccc3nc(CC(C)(C)C)n4c5ccccc5[n+](c4c23)C1(C)CC. The van der Waals surface area contributed by atoms with Crippen molar-refractivity contribution in [1.82, 2.24) is 9.38 Å². The summed E-state index contributed by atoms with van der Waals surface area (Å²) in [6.07, 6.45) is 3.12. The maximum absolute atomic E-state index is 5.27. The summed E-state index contributed by atoms with van der Waals surface area (Å²) in [6, 6.07) is 15.7. The first-order valence-corrected chi connectivity index (χ1v) is 11.4. The summed E-state index contributed by atoms with van der Waals surface area (Å²) in [4.78, 5) is 5.27. The van der Waals surface area contributed by atoms with Crippen LogP contribution in [0.2, 0.25) is 0 Å². The van der Waals surface area contributed by atoms with Gasteiger partial charge in [-0.25, -0.2) is 9.55 Å². The smallest absolute Gasteiger partial charge is 0.216 e. The molecule has 1 aliphatic rings. The molecule has 5 rings (SSSR count). The first kappa shape index (κ1) is 19.5. The monoisotopic (exact) mass is 400 g/mol. The second-order valence-corrected chi connectivity index (χ2v) is 10.8. The summed E-state index contributed by atoms with van der Waals surface area (Å²) in [7, 11) is 0. The lowest BCUT2D eigenvalue weighted by atomic mass is 9.62. The van der Waals surface area contributed by atoms with Crippen LogP contribution in [0, 0.1) is 5.41 Å². The predicted octanol–water partition coefficient (Wildman–Crippen LogP) is 6.32. The Morgan fingerprint density at radius 3 is 2.37 bits per heavy atom. The molecule has 2 aromatic carbocycles. The molecule has 0 bridgehead atoms. The number of para-hydroxylation sites is 2. The molecule has 0 radical (unpaired) electrons. The average molecular weight is 401 g/mol. The second kappa shape index (κ2) is 6.06. The lowest BCUT2D eigenvalue weighted by Crippen LogP contribution is -2.66. The van der Waals surface area contributed by atoms with E-state index in [1.54, 1.807) is 0 Å². The van der Waals surface area contributed by atoms with Gasteiger partial charge < -0.3 is 0 Å². The molecule has 3 nitrogen and oxygen atoms in total. The minimum absolute atomic E-state index is 0.0161. The summed E-state index contributed by atoms with van der Waals surface area (Å²) in [5, 5.41) is 1.33. The third kappa shape index (κ3) is 2.27. The molecule has 3 heterocycles. The Morgan fingerprint density at radius 2 is 1.70 bits per heavy atom. The molecule has 4 aromatic rings. The molecule has 3 heteroatoms. The molecule has 156 valence electrons. The number of imidazole rings is 1. The van der Waals surface area contributed by atoms with Gasteiger partial charge in [0.05, 0.1) is 10.9 Å². The number of aromatic nitrogens is 3. The van der Waals surface area contributed by atoms with Crippen molar-refractivity contribution in [3.63, 3.8) is 0 Å². The zero-order valence-electron chi connectivity index (χ0n) is 19.5. The molecule has 0 N–H and O–H groups in total. The van der Waals surface area contributed by atoms with Crippen molar-refractivity contribution in [2.45, 2.75) is 78.7 Å². The van der Waals surface area contributed by atoms with E-state index in [4.69, 9.17) is 4.98 Å². The number of nitrogens with zero attached hydrogens (tertiary/aromatic N) is 3. The van der Waals surface area contributed by atoms with Crippen LogP contribution in [0.1, 0.15) is 72.7 Å². The Kier molecular flexibility index (Phi) is 3.95. The van der Waals surface area contributed by atoms with Crippen molar-refractivity contribution < 1.29 is 4.57 Å². The van der Waals surface area contributed by atoms with E-state index in [1.807, 2.05) is 0 Å². The maximum Gasteiger partial charge on any atom is 0.299 e. The van der Waals surface area contributed by atoms with Crippen LogP contribution in [0.15, 0.2) is 42.5 Å². The van der Waals surface area contributed by atoms with Gasteiger partial charge in [0.25, 0.3) is 5.65 Å². The van der Waals surface area contributed by atoms with Gasteiger partial charge in [0.15, 0.2) is 11.0 Å². The number of benzene rings is 2. The van der Waals surface area contributed by atoms with Crippen LogP contribution in [-0.2, 0) is 17.4 Å². The van der Waals surface area contributed by atoms with E-state index in [0.29, 0.717) is 0 Å². The van der Waals surface area contributed by atoms with Gasteiger partial charge in [-0.3, -0.25) is 0 Å². The first-order chi connectivity index (χ1) is 14.2. The molecule has 30 heavy (non-hydrogen) atoms. The van der Waals surface area contributed by atoms with E-state index in [1.165, 1.54) is 27.6 Å². The maximum atomic E-state index is 5.27. The Hall–Kier alpha value is -2.42. The highest BCUT2D eigenvalue weighted by Crippen LogP contribution is 2.49. The van der Waals surface area contributed by atoms with Gasteiger partial charge in [-0.05, 0) is 48.9 Å². The molecular formula is C27H34N3+. The molecule has 0 aliphatic carbocycles. The Labute approximate surface area is 179 Å². The number of hydrogen-bond donors (Lipinski definition) is 0. The van der Waals surface area contributed by atoms with E-state index in [2.05, 4.69) is 99.9 Å². The highest BCUT2D eigenvalue weighted by atomic mass is 15.2. The average Bonchev–Trinajstić information content (AvgIpc) is 3.07. The fraction of sp³-hybridized carbons (Fsp3) is 0.481. The topological polar surface area (TPSA) is 21.2 Å². The molecule has 2 unspecified atom stereocenters. The van der Waals surface area contributed by atoms with E-state index in [-0.39, 0.29) is 16.4 Å². The van der Waals surface area contributed by atoms with Crippen LogP contribution in [-0.4, -0.2) is 9.38 Å². The van der Waals surface area contributed by atoms with Crippen LogP contribution in [0.3, 0.4) is 0 Å². The van der Waals surface area contributed by atoms with Crippen LogP contribution in [0.25, 0.3) is 27.6 Å². The minimum Gasteiger partial charge on any atom is -0.216 e. The molecule has 0 amide bonds. The van der Waals surface area contributed by atoms with Gasteiger partial charge in [0.2, 0.25) is 5.82 Å². The lowest BCUT2D eigenvalue weighted by molar-refractivity contribution is -0.728. The summed E-state index contributed by atoms with van der Waals surface area (Å²) >= 11 is 0. The number of hydrogen-bond acceptors (Lipinski definition) is 1. The second-order valence-electron chi connectivity index (χ2n) is 10.8. The Morgan fingerprint density at radius 1 is 0.967 bits per heavy atom. The summed E-state index contributed by atoms with van der Waals surface area (Å²) in [5.74, 6) is 1.16. The van der Waals surface area contributed by atoms with Crippen LogP contribution in [0.4, 0.5) is 0 Å². The minimum atomic E-state index is -0.0161. The van der Waals surface area contributed by atoms with Crippen molar-refractivity contribution >= 4 is 27.6 Å². The predicted molar refractivity (Wildman–Crippen MR) is 125 cm³/mol. The van der Waals surface area contributed by atoms with Crippen molar-refractivity contribution in [2.24, 2.45) is 5.41 Å². The third-order valence-corrected chi connectivity index (χ3v) is 7.92. The van der Waals surface area contributed by atoms with Gasteiger partial charge in [-0.15, -0.1) is 0 Å². The molecule has 0 saturated heterocycles. The lowest BCUT2D eigenvalue weighted by Gasteiger charge is -2.46. The fourth-order valence-corrected chi connectivity index (χ4v) is 5.92. The fourth-order valence-electron chi connectivity index (χ4n) is 5.92. The molecule has 2 atom stereocenters. The van der Waals surface area contributed by atoms with Gasteiger partial charge in [-0.1, -0.05) is 65.8 Å². The highest BCUT2D eigenvalue weighted by Gasteiger charge is 2.55. The van der Waals surface area contributed by atoms with Crippen molar-refractivity contribution in [3.8, 4) is 0 Å². The van der Waals surface area contributed by atoms with Crippen LogP contribution in [0.5, 0.6) is 0 Å². The van der Waals surface area contributed by atoms with Crippen LogP contribution < -0.4 is 4.57 Å². The largest absolute Gasteiger partial charge is 0.299 e. The number of fused-ring (bicyclic) bond motifs is 3. The Balaban J connectivity index is 2.11. The zero-order chi connectivity index (χ0) is 21.5. The van der Waals surface area contributed by atoms with Gasteiger partial charge in [0, 0.05) is 11.8 Å². The molecule has 0 spiro atoms. The molecular weight excluding hydrogens is 366 g/mol. The molecule has 0 fully saturated rings. The summed E-state index contributed by atoms with van der Waals surface area (Å²) < 4.78 is 5.13. The summed E-state index contributed by atoms with van der Waals surface area (Å²) in [5.41, 5.74) is 6.69.